The number of rotatable bonds is 8. The molecule has 1 fully saturated rings. The van der Waals surface area contributed by atoms with E-state index in [9.17, 15) is 37.1 Å². The minimum absolute atomic E-state index is 0.00750. The molecular weight excluding hydrogens is 483 g/mol. The molecule has 0 bridgehead atoms. The second kappa shape index (κ2) is 9.96. The normalized spacial score (nSPS) is 17.9. The number of amides is 5. The van der Waals surface area contributed by atoms with Gasteiger partial charge < -0.3 is 10.1 Å². The second-order valence-corrected chi connectivity index (χ2v) is 8.48. The van der Waals surface area contributed by atoms with Crippen LogP contribution < -0.4 is 15.4 Å². The molecular formula is C24H22F3N3O6. The number of nitrogens with one attached hydrogen (secondary N) is 2. The van der Waals surface area contributed by atoms with Crippen LogP contribution in [0.25, 0.3) is 10.8 Å². The molecule has 2 aromatic carbocycles. The van der Waals surface area contributed by atoms with Gasteiger partial charge in [-0.25, -0.2) is 0 Å². The highest BCUT2D eigenvalue weighted by Gasteiger charge is 2.42. The fourth-order valence-corrected chi connectivity index (χ4v) is 4.29. The highest BCUT2D eigenvalue weighted by molar-refractivity contribution is 6.27. The molecule has 1 unspecified atom stereocenters. The van der Waals surface area contributed by atoms with Crippen molar-refractivity contribution >= 4 is 40.3 Å². The summed E-state index contributed by atoms with van der Waals surface area (Å²) in [6.07, 6.45) is -3.54. The molecule has 12 heteroatoms. The number of piperidine rings is 1. The number of imide groups is 2. The van der Waals surface area contributed by atoms with Gasteiger partial charge in [0.2, 0.25) is 11.8 Å². The number of carbonyl (C=O) groups excluding carboxylic acids is 5. The molecule has 1 saturated heterocycles. The molecule has 2 aromatic rings. The Morgan fingerprint density at radius 2 is 1.81 bits per heavy atom. The maximum Gasteiger partial charge on any atom is 0.471 e. The number of benzene rings is 2. The molecule has 2 aliphatic heterocycles. The summed E-state index contributed by atoms with van der Waals surface area (Å²) in [5.74, 6) is -4.07. The lowest BCUT2D eigenvalue weighted by atomic mass is 9.91. The minimum Gasteiger partial charge on any atom is -0.494 e. The number of hydrogen-bond donors (Lipinski definition) is 2. The number of hydrogen-bond acceptors (Lipinski definition) is 6. The number of alkyl halides is 3. The molecule has 5 amide bonds. The van der Waals surface area contributed by atoms with Gasteiger partial charge >= 0.3 is 12.1 Å². The second-order valence-electron chi connectivity index (χ2n) is 8.48. The molecule has 36 heavy (non-hydrogen) atoms. The first kappa shape index (κ1) is 25.1. The van der Waals surface area contributed by atoms with Crippen molar-refractivity contribution in [3.8, 4) is 5.75 Å². The lowest BCUT2D eigenvalue weighted by Gasteiger charge is -2.34. The summed E-state index contributed by atoms with van der Waals surface area (Å²) in [4.78, 5) is 62.0. The Kier molecular flexibility index (Phi) is 6.95. The van der Waals surface area contributed by atoms with E-state index in [4.69, 9.17) is 4.74 Å². The van der Waals surface area contributed by atoms with Crippen LogP contribution in [0.2, 0.25) is 0 Å². The van der Waals surface area contributed by atoms with E-state index in [0.717, 1.165) is 4.90 Å². The molecule has 0 aromatic heterocycles. The van der Waals surface area contributed by atoms with E-state index >= 15 is 0 Å². The van der Waals surface area contributed by atoms with Crippen molar-refractivity contribution in [3.63, 3.8) is 0 Å². The van der Waals surface area contributed by atoms with Crippen LogP contribution in [0.4, 0.5) is 13.2 Å². The SMILES string of the molecule is O=C1CCC(N2C(=O)c3cccc4cc(OCCCCCNC(=O)C(F)(F)F)cc(c34)C2=O)C(=O)N1. The molecule has 190 valence electrons. The van der Waals surface area contributed by atoms with E-state index in [1.54, 1.807) is 29.6 Å². The summed E-state index contributed by atoms with van der Waals surface area (Å²) in [6, 6.07) is 7.00. The van der Waals surface area contributed by atoms with Crippen LogP contribution in [0, 0.1) is 0 Å². The van der Waals surface area contributed by atoms with Gasteiger partial charge in [-0.2, -0.15) is 13.2 Å². The molecule has 0 spiro atoms. The van der Waals surface area contributed by atoms with Crippen LogP contribution in [-0.4, -0.2) is 59.8 Å². The summed E-state index contributed by atoms with van der Waals surface area (Å²) >= 11 is 0. The van der Waals surface area contributed by atoms with E-state index in [2.05, 4.69) is 5.32 Å². The highest BCUT2D eigenvalue weighted by Crippen LogP contribution is 2.35. The first-order valence-corrected chi connectivity index (χ1v) is 11.3. The van der Waals surface area contributed by atoms with E-state index in [1.165, 1.54) is 6.07 Å². The molecule has 0 radical (unpaired) electrons. The topological polar surface area (TPSA) is 122 Å². The smallest absolute Gasteiger partial charge is 0.471 e. The predicted octanol–water partition coefficient (Wildman–Crippen LogP) is 2.47. The summed E-state index contributed by atoms with van der Waals surface area (Å²) in [6.45, 7) is 0.0990. The van der Waals surface area contributed by atoms with Crippen LogP contribution in [-0.2, 0) is 14.4 Å². The van der Waals surface area contributed by atoms with Crippen LogP contribution in [0.5, 0.6) is 5.75 Å². The average molecular weight is 505 g/mol. The third-order valence-corrected chi connectivity index (χ3v) is 6.00. The Balaban J connectivity index is 1.44. The molecule has 0 saturated carbocycles. The van der Waals surface area contributed by atoms with Gasteiger partial charge in [0.25, 0.3) is 11.8 Å². The number of halogens is 3. The fraction of sp³-hybridized carbons (Fsp3) is 0.375. The zero-order chi connectivity index (χ0) is 26.0. The van der Waals surface area contributed by atoms with Crippen LogP contribution >= 0.6 is 0 Å². The van der Waals surface area contributed by atoms with Crippen molar-refractivity contribution in [1.29, 1.82) is 0 Å². The Morgan fingerprint density at radius 3 is 2.53 bits per heavy atom. The van der Waals surface area contributed by atoms with Crippen molar-refractivity contribution in [2.45, 2.75) is 44.3 Å². The molecule has 9 nitrogen and oxygen atoms in total. The number of carbonyl (C=O) groups is 5. The average Bonchev–Trinajstić information content (AvgIpc) is 2.82. The fourth-order valence-electron chi connectivity index (χ4n) is 4.29. The van der Waals surface area contributed by atoms with Crippen LogP contribution in [0.3, 0.4) is 0 Å². The van der Waals surface area contributed by atoms with Crippen LogP contribution in [0.1, 0.15) is 52.8 Å². The monoisotopic (exact) mass is 505 g/mol. The van der Waals surface area contributed by atoms with E-state index in [1.807, 2.05) is 0 Å². The molecule has 1 atom stereocenters. The van der Waals surface area contributed by atoms with Crippen molar-refractivity contribution in [3.05, 3.63) is 41.5 Å². The summed E-state index contributed by atoms with van der Waals surface area (Å²) in [5.41, 5.74) is 0.455. The van der Waals surface area contributed by atoms with Crippen molar-refractivity contribution in [2.75, 3.05) is 13.2 Å². The zero-order valence-electron chi connectivity index (χ0n) is 18.9. The number of unbranched alkanes of at least 4 members (excludes halogenated alkanes) is 2. The molecule has 2 N–H and O–H groups in total. The quantitative estimate of drug-likeness (QED) is 0.420. The van der Waals surface area contributed by atoms with Gasteiger partial charge in [-0.3, -0.25) is 34.2 Å². The first-order valence-electron chi connectivity index (χ1n) is 11.3. The van der Waals surface area contributed by atoms with Gasteiger partial charge in [-0.05, 0) is 49.3 Å². The van der Waals surface area contributed by atoms with Gasteiger partial charge in [-0.1, -0.05) is 12.1 Å². The van der Waals surface area contributed by atoms with Crippen LogP contribution in [0.15, 0.2) is 30.3 Å². The molecule has 4 rings (SSSR count). The van der Waals surface area contributed by atoms with E-state index in [0.29, 0.717) is 35.8 Å². The molecule has 2 aliphatic rings. The largest absolute Gasteiger partial charge is 0.494 e. The predicted molar refractivity (Wildman–Crippen MR) is 119 cm³/mol. The van der Waals surface area contributed by atoms with Gasteiger partial charge in [0.1, 0.15) is 11.8 Å². The summed E-state index contributed by atoms with van der Waals surface area (Å²) in [7, 11) is 0. The Morgan fingerprint density at radius 1 is 1.06 bits per heavy atom. The Hall–Kier alpha value is -3.96. The maximum absolute atomic E-state index is 13.3. The first-order chi connectivity index (χ1) is 17.1. The van der Waals surface area contributed by atoms with Crippen molar-refractivity contribution in [1.82, 2.24) is 15.5 Å². The maximum atomic E-state index is 13.3. The molecule has 2 heterocycles. The van der Waals surface area contributed by atoms with Gasteiger partial charge in [0.15, 0.2) is 0 Å². The van der Waals surface area contributed by atoms with E-state index < -0.39 is 41.8 Å². The van der Waals surface area contributed by atoms with Gasteiger partial charge in [0, 0.05) is 23.9 Å². The van der Waals surface area contributed by atoms with Crippen molar-refractivity contribution in [2.24, 2.45) is 0 Å². The zero-order valence-corrected chi connectivity index (χ0v) is 18.9. The van der Waals surface area contributed by atoms with Gasteiger partial charge in [-0.15, -0.1) is 0 Å². The summed E-state index contributed by atoms with van der Waals surface area (Å²) in [5, 5.41) is 5.01. The third-order valence-electron chi connectivity index (χ3n) is 6.00. The highest BCUT2D eigenvalue weighted by atomic mass is 19.4. The Labute approximate surface area is 202 Å². The number of ether oxygens (including phenoxy) is 1. The number of nitrogens with zero attached hydrogens (tertiary/aromatic N) is 1. The van der Waals surface area contributed by atoms with Gasteiger partial charge in [0.05, 0.1) is 12.2 Å². The summed E-state index contributed by atoms with van der Waals surface area (Å²) < 4.78 is 42.3. The lowest BCUT2D eigenvalue weighted by Crippen LogP contribution is -2.57. The standard InChI is InChI=1S/C24H22F3N3O6/c25-24(26,27)23(35)28-9-2-1-3-10-36-14-11-13-5-4-6-15-19(13)16(12-14)22(34)30(21(15)33)17-7-8-18(31)29-20(17)32/h4-6,11-12,17H,1-3,7-10H2,(H,28,35)(H,29,31,32). The van der Waals surface area contributed by atoms with E-state index in [-0.39, 0.29) is 37.1 Å². The lowest BCUT2D eigenvalue weighted by molar-refractivity contribution is -0.173. The Bertz CT molecular complexity index is 1260. The van der Waals surface area contributed by atoms with Crippen molar-refractivity contribution < 1.29 is 41.9 Å². The third kappa shape index (κ3) is 5.02. The minimum atomic E-state index is -4.91. The molecule has 0 aliphatic carbocycles.